The van der Waals surface area contributed by atoms with Crippen LogP contribution in [-0.4, -0.2) is 18.8 Å². The van der Waals surface area contributed by atoms with Gasteiger partial charge in [0.05, 0.1) is 0 Å². The minimum absolute atomic E-state index is 0.229. The summed E-state index contributed by atoms with van der Waals surface area (Å²) in [6, 6.07) is 0. The number of hydrogen-bond acceptors (Lipinski definition) is 2. The second-order valence-electron chi connectivity index (χ2n) is 9.26. The first kappa shape index (κ1) is 22.0. The van der Waals surface area contributed by atoms with Crippen LogP contribution in [0.2, 0.25) is 0 Å². The monoisotopic (exact) mass is 386 g/mol. The van der Waals surface area contributed by atoms with E-state index in [4.69, 9.17) is 0 Å². The van der Waals surface area contributed by atoms with Gasteiger partial charge in [0, 0.05) is 0 Å². The number of esters is 1. The van der Waals surface area contributed by atoms with Gasteiger partial charge < -0.3 is 4.74 Å². The first-order chi connectivity index (χ1) is 12.4. The molecule has 0 aromatic carbocycles. The Kier molecular flexibility index (Phi) is 6.53. The van der Waals surface area contributed by atoms with Crippen molar-refractivity contribution in [1.82, 2.24) is 0 Å². The summed E-state index contributed by atoms with van der Waals surface area (Å²) in [4.78, 5) is 10.8. The summed E-state index contributed by atoms with van der Waals surface area (Å²) >= 11 is 0. The SMILES string of the molecule is CC1=C(CC/C(C)=C/COC(=O)C(F)(F)F)[C@]2(C)CCCC(C)(C)[C@H]2CC1. The van der Waals surface area contributed by atoms with E-state index in [-0.39, 0.29) is 12.0 Å². The van der Waals surface area contributed by atoms with Crippen molar-refractivity contribution in [3.63, 3.8) is 0 Å². The molecule has 0 unspecified atom stereocenters. The quantitative estimate of drug-likeness (QED) is 0.385. The molecule has 0 saturated heterocycles. The van der Waals surface area contributed by atoms with E-state index < -0.39 is 12.1 Å². The molecule has 1 fully saturated rings. The number of halogens is 3. The number of carbonyl (C=O) groups excluding carboxylic acids is 1. The van der Waals surface area contributed by atoms with Gasteiger partial charge >= 0.3 is 12.1 Å². The highest BCUT2D eigenvalue weighted by atomic mass is 19.4. The molecule has 0 radical (unpaired) electrons. The molecule has 0 N–H and O–H groups in total. The molecule has 0 heterocycles. The molecule has 27 heavy (non-hydrogen) atoms. The van der Waals surface area contributed by atoms with E-state index in [0.29, 0.717) is 11.3 Å². The van der Waals surface area contributed by atoms with Gasteiger partial charge in [-0.15, -0.1) is 0 Å². The fourth-order valence-corrected chi connectivity index (χ4v) is 5.46. The van der Waals surface area contributed by atoms with Crippen molar-refractivity contribution >= 4 is 5.97 Å². The van der Waals surface area contributed by atoms with Crippen LogP contribution in [0.15, 0.2) is 22.8 Å². The zero-order chi connectivity index (χ0) is 20.5. The summed E-state index contributed by atoms with van der Waals surface area (Å²) in [5.74, 6) is -1.44. The number of alkyl halides is 3. The fourth-order valence-electron chi connectivity index (χ4n) is 5.46. The van der Waals surface area contributed by atoms with Crippen LogP contribution in [0.25, 0.3) is 0 Å². The maximum Gasteiger partial charge on any atom is 0.490 e. The minimum atomic E-state index is -4.93. The molecule has 0 amide bonds. The van der Waals surface area contributed by atoms with E-state index in [1.165, 1.54) is 31.3 Å². The van der Waals surface area contributed by atoms with Gasteiger partial charge in [0.25, 0.3) is 0 Å². The third kappa shape index (κ3) is 4.97. The minimum Gasteiger partial charge on any atom is -0.455 e. The Balaban J connectivity index is 2.01. The van der Waals surface area contributed by atoms with Crippen molar-refractivity contribution < 1.29 is 22.7 Å². The van der Waals surface area contributed by atoms with Crippen LogP contribution in [0.1, 0.15) is 79.6 Å². The largest absolute Gasteiger partial charge is 0.490 e. The topological polar surface area (TPSA) is 26.3 Å². The van der Waals surface area contributed by atoms with Crippen molar-refractivity contribution in [2.45, 2.75) is 85.7 Å². The average molecular weight is 386 g/mol. The second-order valence-corrected chi connectivity index (χ2v) is 9.26. The Morgan fingerprint density at radius 1 is 1.26 bits per heavy atom. The van der Waals surface area contributed by atoms with Crippen LogP contribution in [0.4, 0.5) is 13.2 Å². The molecule has 0 aliphatic heterocycles. The predicted octanol–water partition coefficient (Wildman–Crippen LogP) is 6.76. The van der Waals surface area contributed by atoms with E-state index in [9.17, 15) is 18.0 Å². The zero-order valence-electron chi connectivity index (χ0n) is 17.3. The molecule has 1 saturated carbocycles. The van der Waals surface area contributed by atoms with Crippen LogP contribution in [0.5, 0.6) is 0 Å². The van der Waals surface area contributed by atoms with Crippen molar-refractivity contribution in [1.29, 1.82) is 0 Å². The zero-order valence-corrected chi connectivity index (χ0v) is 17.3. The summed E-state index contributed by atoms with van der Waals surface area (Å²) in [7, 11) is 0. The Bertz CT molecular complexity index is 628. The maximum absolute atomic E-state index is 12.2. The fraction of sp³-hybridized carbons (Fsp3) is 0.773. The Morgan fingerprint density at radius 3 is 2.56 bits per heavy atom. The lowest BCUT2D eigenvalue weighted by atomic mass is 9.50. The molecule has 2 atom stereocenters. The van der Waals surface area contributed by atoms with Crippen LogP contribution in [-0.2, 0) is 9.53 Å². The lowest BCUT2D eigenvalue weighted by Crippen LogP contribution is -2.45. The summed E-state index contributed by atoms with van der Waals surface area (Å²) in [6.07, 6.45) is 4.54. The number of allylic oxidation sites excluding steroid dienone is 3. The highest BCUT2D eigenvalue weighted by molar-refractivity contribution is 5.75. The van der Waals surface area contributed by atoms with Crippen molar-refractivity contribution in [3.8, 4) is 0 Å². The van der Waals surface area contributed by atoms with Gasteiger partial charge in [0.15, 0.2) is 0 Å². The average Bonchev–Trinajstić information content (AvgIpc) is 2.52. The Hall–Kier alpha value is -1.26. The third-order valence-electron chi connectivity index (χ3n) is 6.89. The standard InChI is InChI=1S/C22H33F3O2/c1-15(11-14-27-19(26)22(23,24)25)7-9-17-16(2)8-10-18-20(3,4)12-6-13-21(17,18)5/h11,18H,6-10,12-14H2,1-5H3/b15-11+/t18-,21+/m1/s1. The summed E-state index contributed by atoms with van der Waals surface area (Å²) < 4.78 is 40.8. The molecule has 2 aliphatic carbocycles. The summed E-state index contributed by atoms with van der Waals surface area (Å²) in [5, 5.41) is 0. The third-order valence-corrected chi connectivity index (χ3v) is 6.89. The normalized spacial score (nSPS) is 28.7. The van der Waals surface area contributed by atoms with Crippen LogP contribution in [0.3, 0.4) is 0 Å². The van der Waals surface area contributed by atoms with E-state index in [0.717, 1.165) is 24.8 Å². The number of rotatable bonds is 5. The molecule has 0 spiro atoms. The Morgan fingerprint density at radius 2 is 1.93 bits per heavy atom. The van der Waals surface area contributed by atoms with Crippen LogP contribution in [0, 0.1) is 16.7 Å². The second kappa shape index (κ2) is 8.00. The summed E-state index contributed by atoms with van der Waals surface area (Å²) in [5.41, 5.74) is 4.59. The maximum atomic E-state index is 12.2. The van der Waals surface area contributed by atoms with Gasteiger partial charge in [-0.25, -0.2) is 4.79 Å². The summed E-state index contributed by atoms with van der Waals surface area (Å²) in [6.45, 7) is 11.0. The molecule has 0 aromatic heterocycles. The van der Waals surface area contributed by atoms with E-state index in [2.05, 4.69) is 32.4 Å². The van der Waals surface area contributed by atoms with E-state index >= 15 is 0 Å². The number of hydrogen-bond donors (Lipinski definition) is 0. The van der Waals surface area contributed by atoms with Gasteiger partial charge in [0.1, 0.15) is 6.61 Å². The molecular weight excluding hydrogens is 353 g/mol. The first-order valence-corrected chi connectivity index (χ1v) is 9.96. The highest BCUT2D eigenvalue weighted by Gasteiger charge is 2.49. The van der Waals surface area contributed by atoms with Crippen LogP contribution < -0.4 is 0 Å². The van der Waals surface area contributed by atoms with Crippen molar-refractivity contribution in [3.05, 3.63) is 22.8 Å². The molecule has 5 heteroatoms. The molecular formula is C22H33F3O2. The Labute approximate surface area is 161 Å². The highest BCUT2D eigenvalue weighted by Crippen LogP contribution is 2.60. The van der Waals surface area contributed by atoms with Gasteiger partial charge in [0.2, 0.25) is 0 Å². The van der Waals surface area contributed by atoms with E-state index in [1.54, 1.807) is 11.6 Å². The predicted molar refractivity (Wildman–Crippen MR) is 101 cm³/mol. The first-order valence-electron chi connectivity index (χ1n) is 9.96. The van der Waals surface area contributed by atoms with Gasteiger partial charge in [-0.3, -0.25) is 0 Å². The van der Waals surface area contributed by atoms with Gasteiger partial charge in [-0.2, -0.15) is 13.2 Å². The van der Waals surface area contributed by atoms with Crippen molar-refractivity contribution in [2.75, 3.05) is 6.61 Å². The molecule has 2 nitrogen and oxygen atoms in total. The van der Waals surface area contributed by atoms with Crippen molar-refractivity contribution in [2.24, 2.45) is 16.7 Å². The van der Waals surface area contributed by atoms with Crippen LogP contribution >= 0.6 is 0 Å². The lowest BCUT2D eigenvalue weighted by molar-refractivity contribution is -0.198. The molecule has 0 bridgehead atoms. The number of ether oxygens (including phenoxy) is 1. The van der Waals surface area contributed by atoms with E-state index in [1.807, 2.05) is 6.92 Å². The van der Waals surface area contributed by atoms with Gasteiger partial charge in [-0.05, 0) is 75.2 Å². The smallest absolute Gasteiger partial charge is 0.455 e. The molecule has 0 aromatic rings. The molecule has 2 aliphatic rings. The lowest BCUT2D eigenvalue weighted by Gasteiger charge is -2.55. The number of carbonyl (C=O) groups is 1. The number of fused-ring (bicyclic) bond motifs is 1. The molecule has 154 valence electrons. The molecule has 2 rings (SSSR count). The van der Waals surface area contributed by atoms with Gasteiger partial charge in [-0.1, -0.05) is 43.9 Å².